The first-order valence-corrected chi connectivity index (χ1v) is 7.55. The molecule has 0 spiro atoms. The molecule has 1 fully saturated rings. The lowest BCUT2D eigenvalue weighted by Crippen LogP contribution is -2.41. The summed E-state index contributed by atoms with van der Waals surface area (Å²) in [6.45, 7) is 3.99. The van der Waals surface area contributed by atoms with Crippen molar-refractivity contribution in [3.05, 3.63) is 42.3 Å². The number of amidine groups is 1. The summed E-state index contributed by atoms with van der Waals surface area (Å²) in [5, 5.41) is 3.93. The molecule has 1 aliphatic heterocycles. The average Bonchev–Trinajstić information content (AvgIpc) is 3.05. The minimum Gasteiger partial charge on any atom is -0.444 e. The fourth-order valence-corrected chi connectivity index (χ4v) is 2.29. The quantitative estimate of drug-likeness (QED) is 0.493. The monoisotopic (exact) mass is 316 g/mol. The van der Waals surface area contributed by atoms with Gasteiger partial charge in [-0.25, -0.2) is 4.98 Å². The lowest BCUT2D eigenvalue weighted by Gasteiger charge is -2.25. The van der Waals surface area contributed by atoms with Gasteiger partial charge in [-0.2, -0.15) is 0 Å². The van der Waals surface area contributed by atoms with Crippen LogP contribution in [0.15, 0.2) is 46.2 Å². The van der Waals surface area contributed by atoms with E-state index in [4.69, 9.17) is 19.7 Å². The second-order valence-corrected chi connectivity index (χ2v) is 5.25. The molecule has 7 nitrogen and oxygen atoms in total. The molecule has 3 rings (SSSR count). The Morgan fingerprint density at radius 3 is 2.83 bits per heavy atom. The van der Waals surface area contributed by atoms with Crippen molar-refractivity contribution < 1.29 is 14.0 Å². The van der Waals surface area contributed by atoms with Gasteiger partial charge in [-0.05, 0) is 12.1 Å². The second-order valence-electron chi connectivity index (χ2n) is 5.25. The van der Waals surface area contributed by atoms with Crippen LogP contribution in [0.25, 0.3) is 11.5 Å². The molecule has 0 amide bonds. The minimum atomic E-state index is 0.222. The number of nitrogens with zero attached hydrogens (tertiary/aromatic N) is 3. The molecule has 0 atom stereocenters. The van der Waals surface area contributed by atoms with E-state index in [1.54, 1.807) is 6.26 Å². The number of oxazole rings is 1. The molecule has 1 saturated heterocycles. The van der Waals surface area contributed by atoms with Gasteiger partial charge in [0.1, 0.15) is 12.0 Å². The van der Waals surface area contributed by atoms with Crippen molar-refractivity contribution in [3.8, 4) is 11.5 Å². The van der Waals surface area contributed by atoms with Crippen LogP contribution in [0.4, 0.5) is 0 Å². The van der Waals surface area contributed by atoms with Crippen LogP contribution < -0.4 is 5.73 Å². The maximum absolute atomic E-state index is 5.86. The summed E-state index contributed by atoms with van der Waals surface area (Å²) in [5.74, 6) is 1.01. The molecule has 2 N–H and O–H groups in total. The first-order valence-electron chi connectivity index (χ1n) is 7.55. The molecule has 1 aromatic heterocycles. The number of ether oxygens (including phenoxy) is 1. The highest BCUT2D eigenvalue weighted by atomic mass is 16.6. The molecule has 0 radical (unpaired) electrons. The first kappa shape index (κ1) is 15.5. The van der Waals surface area contributed by atoms with Crippen molar-refractivity contribution in [2.24, 2.45) is 10.9 Å². The number of morpholine rings is 1. The normalized spacial score (nSPS) is 16.4. The third-order valence-electron chi connectivity index (χ3n) is 3.46. The predicted molar refractivity (Wildman–Crippen MR) is 85.6 cm³/mol. The first-order chi connectivity index (χ1) is 11.3. The van der Waals surface area contributed by atoms with Crippen molar-refractivity contribution >= 4 is 5.84 Å². The molecule has 122 valence electrons. The molecular weight excluding hydrogens is 296 g/mol. The number of hydrogen-bond acceptors (Lipinski definition) is 6. The van der Waals surface area contributed by atoms with Gasteiger partial charge in [-0.1, -0.05) is 23.4 Å². The Bertz CT molecular complexity index is 636. The molecule has 0 saturated carbocycles. The van der Waals surface area contributed by atoms with Crippen LogP contribution in [0.2, 0.25) is 0 Å². The molecule has 0 bridgehead atoms. The third kappa shape index (κ3) is 4.54. The SMILES string of the molecule is N/C(CN1CCOCC1)=N\OCc1coc(-c2ccccc2)n1. The van der Waals surface area contributed by atoms with Crippen LogP contribution in [-0.2, 0) is 16.2 Å². The maximum Gasteiger partial charge on any atom is 0.226 e. The van der Waals surface area contributed by atoms with E-state index in [1.165, 1.54) is 0 Å². The molecule has 2 aromatic rings. The Kier molecular flexibility index (Phi) is 5.23. The Hall–Kier alpha value is -2.38. The van der Waals surface area contributed by atoms with Gasteiger partial charge in [0, 0.05) is 18.7 Å². The van der Waals surface area contributed by atoms with Crippen LogP contribution >= 0.6 is 0 Å². The molecule has 23 heavy (non-hydrogen) atoms. The van der Waals surface area contributed by atoms with Gasteiger partial charge in [0.2, 0.25) is 5.89 Å². The summed E-state index contributed by atoms with van der Waals surface area (Å²) >= 11 is 0. The highest BCUT2D eigenvalue weighted by molar-refractivity contribution is 5.81. The van der Waals surface area contributed by atoms with E-state index in [0.29, 0.717) is 24.0 Å². The Morgan fingerprint density at radius 2 is 2.04 bits per heavy atom. The fraction of sp³-hybridized carbons (Fsp3) is 0.375. The Balaban J connectivity index is 1.48. The van der Waals surface area contributed by atoms with Gasteiger partial charge in [-0.15, -0.1) is 0 Å². The molecule has 1 aliphatic rings. The number of benzene rings is 1. The van der Waals surface area contributed by atoms with Crippen molar-refractivity contribution in [1.29, 1.82) is 0 Å². The predicted octanol–water partition coefficient (Wildman–Crippen LogP) is 1.46. The zero-order valence-electron chi connectivity index (χ0n) is 12.9. The lowest BCUT2D eigenvalue weighted by atomic mass is 10.2. The molecule has 0 unspecified atom stereocenters. The summed E-state index contributed by atoms with van der Waals surface area (Å²) in [4.78, 5) is 11.8. The van der Waals surface area contributed by atoms with E-state index in [0.717, 1.165) is 31.9 Å². The van der Waals surface area contributed by atoms with E-state index in [-0.39, 0.29) is 6.61 Å². The van der Waals surface area contributed by atoms with E-state index in [9.17, 15) is 0 Å². The average molecular weight is 316 g/mol. The van der Waals surface area contributed by atoms with Crippen molar-refractivity contribution in [2.75, 3.05) is 32.8 Å². The largest absolute Gasteiger partial charge is 0.444 e. The van der Waals surface area contributed by atoms with E-state index in [2.05, 4.69) is 15.0 Å². The number of nitrogens with two attached hydrogens (primary N) is 1. The van der Waals surface area contributed by atoms with Crippen molar-refractivity contribution in [1.82, 2.24) is 9.88 Å². The summed E-state index contributed by atoms with van der Waals surface area (Å²) in [5.41, 5.74) is 7.46. The van der Waals surface area contributed by atoms with Crippen molar-refractivity contribution in [2.45, 2.75) is 6.61 Å². The zero-order chi connectivity index (χ0) is 15.9. The van der Waals surface area contributed by atoms with E-state index in [1.807, 2.05) is 30.3 Å². The number of rotatable bonds is 6. The maximum atomic E-state index is 5.86. The minimum absolute atomic E-state index is 0.222. The molecular formula is C16H20N4O3. The summed E-state index contributed by atoms with van der Waals surface area (Å²) in [6, 6.07) is 9.70. The molecule has 1 aromatic carbocycles. The topological polar surface area (TPSA) is 86.1 Å². The standard InChI is InChI=1S/C16H20N4O3/c17-15(10-20-6-8-21-9-7-20)19-23-12-14-11-22-16(18-14)13-4-2-1-3-5-13/h1-5,11H,6-10,12H2,(H2,17,19). The Morgan fingerprint density at radius 1 is 1.26 bits per heavy atom. The zero-order valence-corrected chi connectivity index (χ0v) is 12.9. The highest BCUT2D eigenvalue weighted by Gasteiger charge is 2.12. The number of hydrogen-bond donors (Lipinski definition) is 1. The van der Waals surface area contributed by atoms with E-state index < -0.39 is 0 Å². The summed E-state index contributed by atoms with van der Waals surface area (Å²) in [6.07, 6.45) is 1.57. The van der Waals surface area contributed by atoms with Gasteiger partial charge >= 0.3 is 0 Å². The van der Waals surface area contributed by atoms with Crippen LogP contribution in [0.5, 0.6) is 0 Å². The number of aromatic nitrogens is 1. The summed E-state index contributed by atoms with van der Waals surface area (Å²) in [7, 11) is 0. The van der Waals surface area contributed by atoms with Gasteiger partial charge < -0.3 is 19.7 Å². The van der Waals surface area contributed by atoms with Gasteiger partial charge in [0.05, 0.1) is 19.8 Å². The van der Waals surface area contributed by atoms with Crippen LogP contribution in [0, 0.1) is 0 Å². The third-order valence-corrected chi connectivity index (χ3v) is 3.46. The lowest BCUT2D eigenvalue weighted by molar-refractivity contribution is 0.0442. The smallest absolute Gasteiger partial charge is 0.226 e. The van der Waals surface area contributed by atoms with Gasteiger partial charge in [0.15, 0.2) is 12.4 Å². The fourth-order valence-electron chi connectivity index (χ4n) is 2.29. The summed E-state index contributed by atoms with van der Waals surface area (Å²) < 4.78 is 10.7. The van der Waals surface area contributed by atoms with Crippen molar-refractivity contribution in [3.63, 3.8) is 0 Å². The molecule has 7 heteroatoms. The molecule has 0 aliphatic carbocycles. The van der Waals surface area contributed by atoms with Gasteiger partial charge in [-0.3, -0.25) is 4.90 Å². The number of oxime groups is 1. The second kappa shape index (κ2) is 7.75. The Labute approximate surface area is 134 Å². The van der Waals surface area contributed by atoms with Crippen LogP contribution in [0.1, 0.15) is 5.69 Å². The highest BCUT2D eigenvalue weighted by Crippen LogP contribution is 2.18. The van der Waals surface area contributed by atoms with E-state index >= 15 is 0 Å². The van der Waals surface area contributed by atoms with Crippen LogP contribution in [0.3, 0.4) is 0 Å². The molecule has 2 heterocycles. The van der Waals surface area contributed by atoms with Crippen LogP contribution in [-0.4, -0.2) is 48.6 Å². The van der Waals surface area contributed by atoms with Gasteiger partial charge in [0.25, 0.3) is 0 Å².